The van der Waals surface area contributed by atoms with E-state index in [-0.39, 0.29) is 0 Å². The van der Waals surface area contributed by atoms with Crippen molar-refractivity contribution in [2.45, 2.75) is 50.1 Å². The molecule has 0 amide bonds. The van der Waals surface area contributed by atoms with Crippen LogP contribution >= 0.6 is 11.8 Å². The maximum atomic E-state index is 5.79. The number of piperidine rings is 1. The maximum Gasteiger partial charge on any atom is 0.118 e. The predicted molar refractivity (Wildman–Crippen MR) is 80.4 cm³/mol. The second-order valence-corrected chi connectivity index (χ2v) is 6.59. The van der Waals surface area contributed by atoms with E-state index < -0.39 is 0 Å². The molecule has 0 radical (unpaired) electrons. The summed E-state index contributed by atoms with van der Waals surface area (Å²) in [5, 5.41) is 3.65. The second kappa shape index (κ2) is 6.33. The Balaban J connectivity index is 1.39. The lowest BCUT2D eigenvalue weighted by atomic mass is 10.0. The second-order valence-electron chi connectivity index (χ2n) is 5.72. The number of hydrogen-bond donors (Lipinski definition) is 1. The molecular weight excluding hydrogens is 256 g/mol. The van der Waals surface area contributed by atoms with E-state index in [0.29, 0.717) is 6.04 Å². The molecule has 1 aliphatic heterocycles. The summed E-state index contributed by atoms with van der Waals surface area (Å²) in [7, 11) is 0. The Hall–Kier alpha value is -0.450. The van der Waals surface area contributed by atoms with Crippen LogP contribution in [0.2, 0.25) is 0 Å². The highest BCUT2D eigenvalue weighted by Crippen LogP contribution is 2.29. The largest absolute Gasteiger partial charge is 0.464 e. The van der Waals surface area contributed by atoms with E-state index in [0.717, 1.165) is 29.9 Å². The van der Waals surface area contributed by atoms with Gasteiger partial charge in [-0.3, -0.25) is 0 Å². The van der Waals surface area contributed by atoms with E-state index >= 15 is 0 Å². The van der Waals surface area contributed by atoms with Gasteiger partial charge in [0.1, 0.15) is 11.5 Å². The van der Waals surface area contributed by atoms with Crippen LogP contribution < -0.4 is 5.32 Å². The number of nitrogens with zero attached hydrogens (tertiary/aromatic N) is 1. The van der Waals surface area contributed by atoms with Gasteiger partial charge in [-0.2, -0.15) is 11.8 Å². The molecule has 0 bridgehead atoms. The Labute approximate surface area is 120 Å². The van der Waals surface area contributed by atoms with Crippen LogP contribution in [0.3, 0.4) is 0 Å². The van der Waals surface area contributed by atoms with Crippen molar-refractivity contribution in [1.82, 2.24) is 10.2 Å². The summed E-state index contributed by atoms with van der Waals surface area (Å²) >= 11 is 1.80. The third-order valence-electron chi connectivity index (χ3n) is 4.16. The fourth-order valence-corrected chi connectivity index (χ4v) is 3.33. The molecule has 106 valence electrons. The quantitative estimate of drug-likeness (QED) is 0.867. The van der Waals surface area contributed by atoms with Gasteiger partial charge >= 0.3 is 0 Å². The number of rotatable bonds is 6. The lowest BCUT2D eigenvalue weighted by Crippen LogP contribution is -2.43. The van der Waals surface area contributed by atoms with Gasteiger partial charge < -0.3 is 14.6 Å². The molecule has 3 rings (SSSR count). The first kappa shape index (κ1) is 13.5. The molecule has 1 aliphatic carbocycles. The SMILES string of the molecule is CSCc1ccc(CNC2CCN(C3CC3)CC2)o1. The normalized spacial score (nSPS) is 21.9. The summed E-state index contributed by atoms with van der Waals surface area (Å²) in [6.45, 7) is 3.43. The summed E-state index contributed by atoms with van der Waals surface area (Å²) in [5.74, 6) is 3.14. The number of likely N-dealkylation sites (tertiary alicyclic amines) is 1. The molecule has 0 spiro atoms. The molecule has 1 N–H and O–H groups in total. The number of furan rings is 1. The third-order valence-corrected chi connectivity index (χ3v) is 4.73. The molecule has 2 fully saturated rings. The highest BCUT2D eigenvalue weighted by Gasteiger charge is 2.31. The fourth-order valence-electron chi connectivity index (χ4n) is 2.89. The summed E-state index contributed by atoms with van der Waals surface area (Å²) in [6, 6.07) is 5.81. The van der Waals surface area contributed by atoms with E-state index in [1.54, 1.807) is 11.8 Å². The molecule has 2 aliphatic rings. The van der Waals surface area contributed by atoms with Crippen LogP contribution in [0, 0.1) is 0 Å². The zero-order chi connectivity index (χ0) is 13.1. The Bertz CT molecular complexity index is 395. The maximum absolute atomic E-state index is 5.79. The standard InChI is InChI=1S/C15H24N2OS/c1-19-11-15-5-4-14(18-15)10-16-12-6-8-17(9-7-12)13-2-3-13/h4-5,12-13,16H,2-3,6-11H2,1H3. The molecule has 3 nitrogen and oxygen atoms in total. The molecule has 2 heterocycles. The van der Waals surface area contributed by atoms with Crippen LogP contribution in [0.15, 0.2) is 16.5 Å². The smallest absolute Gasteiger partial charge is 0.118 e. The van der Waals surface area contributed by atoms with E-state index in [9.17, 15) is 0 Å². The van der Waals surface area contributed by atoms with Crippen LogP contribution in [0.5, 0.6) is 0 Å². The van der Waals surface area contributed by atoms with Crippen LogP contribution in [-0.2, 0) is 12.3 Å². The average molecular weight is 280 g/mol. The van der Waals surface area contributed by atoms with Gasteiger partial charge in [0.2, 0.25) is 0 Å². The lowest BCUT2D eigenvalue weighted by Gasteiger charge is -2.32. The van der Waals surface area contributed by atoms with Crippen LogP contribution in [0.25, 0.3) is 0 Å². The summed E-state index contributed by atoms with van der Waals surface area (Å²) in [5.41, 5.74) is 0. The molecule has 0 atom stereocenters. The topological polar surface area (TPSA) is 28.4 Å². The fraction of sp³-hybridized carbons (Fsp3) is 0.733. The van der Waals surface area contributed by atoms with Gasteiger partial charge in [-0.05, 0) is 57.2 Å². The molecule has 1 saturated carbocycles. The molecule has 4 heteroatoms. The van der Waals surface area contributed by atoms with Crippen molar-refractivity contribution in [3.8, 4) is 0 Å². The first-order valence-electron chi connectivity index (χ1n) is 7.39. The van der Waals surface area contributed by atoms with Gasteiger partial charge in [0.25, 0.3) is 0 Å². The van der Waals surface area contributed by atoms with Crippen molar-refractivity contribution in [3.63, 3.8) is 0 Å². The minimum Gasteiger partial charge on any atom is -0.464 e. The zero-order valence-corrected chi connectivity index (χ0v) is 12.5. The minimum atomic E-state index is 0.670. The van der Waals surface area contributed by atoms with Gasteiger partial charge in [-0.25, -0.2) is 0 Å². The predicted octanol–water partition coefficient (Wildman–Crippen LogP) is 2.86. The average Bonchev–Trinajstić information content (AvgIpc) is 3.19. The molecule has 1 aromatic heterocycles. The van der Waals surface area contributed by atoms with Crippen LogP contribution in [-0.4, -0.2) is 36.3 Å². The molecule has 1 aromatic rings. The highest BCUT2D eigenvalue weighted by molar-refractivity contribution is 7.97. The monoisotopic (exact) mass is 280 g/mol. The molecule has 0 unspecified atom stereocenters. The lowest BCUT2D eigenvalue weighted by molar-refractivity contribution is 0.187. The number of nitrogens with one attached hydrogen (secondary N) is 1. The van der Waals surface area contributed by atoms with Gasteiger partial charge in [-0.15, -0.1) is 0 Å². The van der Waals surface area contributed by atoms with E-state index in [2.05, 4.69) is 28.6 Å². The minimum absolute atomic E-state index is 0.670. The summed E-state index contributed by atoms with van der Waals surface area (Å²) in [4.78, 5) is 2.67. The van der Waals surface area contributed by atoms with Gasteiger partial charge in [0.15, 0.2) is 0 Å². The Kier molecular flexibility index (Phi) is 4.51. The first-order valence-corrected chi connectivity index (χ1v) is 8.78. The van der Waals surface area contributed by atoms with Gasteiger partial charge in [0, 0.05) is 12.1 Å². The van der Waals surface area contributed by atoms with Crippen molar-refractivity contribution in [3.05, 3.63) is 23.7 Å². The van der Waals surface area contributed by atoms with Crippen molar-refractivity contribution in [1.29, 1.82) is 0 Å². The van der Waals surface area contributed by atoms with Crippen molar-refractivity contribution in [2.75, 3.05) is 19.3 Å². The molecule has 19 heavy (non-hydrogen) atoms. The molecular formula is C15H24N2OS. The number of hydrogen-bond acceptors (Lipinski definition) is 4. The van der Waals surface area contributed by atoms with Gasteiger partial charge in [0.05, 0.1) is 12.3 Å². The van der Waals surface area contributed by atoms with E-state index in [4.69, 9.17) is 4.42 Å². The van der Waals surface area contributed by atoms with E-state index in [1.807, 2.05) is 0 Å². The van der Waals surface area contributed by atoms with Crippen molar-refractivity contribution in [2.24, 2.45) is 0 Å². The van der Waals surface area contributed by atoms with Crippen molar-refractivity contribution < 1.29 is 4.42 Å². The Morgan fingerprint density at radius 3 is 2.63 bits per heavy atom. The first-order chi connectivity index (χ1) is 9.35. The third kappa shape index (κ3) is 3.77. The highest BCUT2D eigenvalue weighted by atomic mass is 32.2. The summed E-state index contributed by atoms with van der Waals surface area (Å²) in [6.07, 6.45) is 7.54. The van der Waals surface area contributed by atoms with Gasteiger partial charge in [-0.1, -0.05) is 0 Å². The van der Waals surface area contributed by atoms with E-state index in [1.165, 1.54) is 38.8 Å². The Morgan fingerprint density at radius 1 is 1.21 bits per heavy atom. The summed E-state index contributed by atoms with van der Waals surface area (Å²) < 4.78 is 5.79. The van der Waals surface area contributed by atoms with Crippen molar-refractivity contribution >= 4 is 11.8 Å². The molecule has 0 aromatic carbocycles. The number of thioether (sulfide) groups is 1. The van der Waals surface area contributed by atoms with Crippen LogP contribution in [0.4, 0.5) is 0 Å². The zero-order valence-electron chi connectivity index (χ0n) is 11.7. The molecule has 1 saturated heterocycles. The van der Waals surface area contributed by atoms with Crippen LogP contribution in [0.1, 0.15) is 37.2 Å². The Morgan fingerprint density at radius 2 is 1.95 bits per heavy atom.